The summed E-state index contributed by atoms with van der Waals surface area (Å²) >= 11 is 0. The number of hydrogen-bond acceptors (Lipinski definition) is 5. The molecule has 1 amide bonds. The van der Waals surface area contributed by atoms with E-state index in [9.17, 15) is 23.1 Å². The molecule has 0 aliphatic rings. The van der Waals surface area contributed by atoms with E-state index in [1.165, 1.54) is 47.8 Å². The van der Waals surface area contributed by atoms with Gasteiger partial charge in [0.25, 0.3) is 5.91 Å². The van der Waals surface area contributed by atoms with Gasteiger partial charge in [-0.15, -0.1) is 0 Å². The van der Waals surface area contributed by atoms with Crippen molar-refractivity contribution in [2.45, 2.75) is 18.7 Å². The van der Waals surface area contributed by atoms with Gasteiger partial charge in [-0.3, -0.25) is 4.79 Å². The molecule has 0 heterocycles. The maximum absolute atomic E-state index is 12.7. The number of sulfonamides is 1. The van der Waals surface area contributed by atoms with E-state index < -0.39 is 21.9 Å². The zero-order valence-electron chi connectivity index (χ0n) is 15.8. The van der Waals surface area contributed by atoms with Crippen molar-refractivity contribution in [1.82, 2.24) is 4.31 Å². The fraction of sp³-hybridized carbons (Fsp3) is 0.263. The third kappa shape index (κ3) is 4.32. The van der Waals surface area contributed by atoms with Crippen LogP contribution in [-0.2, 0) is 10.0 Å². The van der Waals surface area contributed by atoms with Crippen LogP contribution in [0.4, 0.5) is 5.69 Å². The van der Waals surface area contributed by atoms with E-state index in [0.717, 1.165) is 0 Å². The Bertz CT molecular complexity index is 984. The largest absolute Gasteiger partial charge is 0.496 e. The number of carboxylic acids is 1. The summed E-state index contributed by atoms with van der Waals surface area (Å²) in [7, 11) is -2.39. The van der Waals surface area contributed by atoms with Crippen molar-refractivity contribution in [3.63, 3.8) is 0 Å². The highest BCUT2D eigenvalue weighted by Gasteiger charge is 2.23. The summed E-state index contributed by atoms with van der Waals surface area (Å²) in [5, 5.41) is 11.9. The summed E-state index contributed by atoms with van der Waals surface area (Å²) in [4.78, 5) is 24.1. The Morgan fingerprint density at radius 2 is 1.75 bits per heavy atom. The van der Waals surface area contributed by atoms with Crippen molar-refractivity contribution >= 4 is 27.6 Å². The smallest absolute Gasteiger partial charge is 0.341 e. The highest BCUT2D eigenvalue weighted by Crippen LogP contribution is 2.27. The minimum absolute atomic E-state index is 0.00653. The molecule has 2 aromatic rings. The minimum Gasteiger partial charge on any atom is -0.496 e. The highest BCUT2D eigenvalue weighted by molar-refractivity contribution is 7.89. The number of rotatable bonds is 8. The monoisotopic (exact) mass is 406 g/mol. The summed E-state index contributed by atoms with van der Waals surface area (Å²) in [6.45, 7) is 4.07. The molecular weight excluding hydrogens is 384 g/mol. The molecule has 8 nitrogen and oxygen atoms in total. The van der Waals surface area contributed by atoms with Gasteiger partial charge in [-0.1, -0.05) is 26.0 Å². The van der Waals surface area contributed by atoms with E-state index >= 15 is 0 Å². The Labute approximate surface area is 163 Å². The van der Waals surface area contributed by atoms with Crippen LogP contribution in [0.3, 0.4) is 0 Å². The lowest BCUT2D eigenvalue weighted by Gasteiger charge is -2.18. The number of carboxylic acid groups (broad SMARTS) is 1. The molecule has 28 heavy (non-hydrogen) atoms. The predicted octanol–water partition coefficient (Wildman–Crippen LogP) is 2.68. The second-order valence-electron chi connectivity index (χ2n) is 5.76. The Kier molecular flexibility index (Phi) is 6.76. The lowest BCUT2D eigenvalue weighted by atomic mass is 10.1. The number of carbonyl (C=O) groups is 2. The lowest BCUT2D eigenvalue weighted by molar-refractivity contribution is 0.0694. The maximum atomic E-state index is 12.7. The quantitative estimate of drug-likeness (QED) is 0.697. The van der Waals surface area contributed by atoms with Crippen LogP contribution in [0.2, 0.25) is 0 Å². The Balaban J connectivity index is 2.39. The molecule has 0 unspecified atom stereocenters. The van der Waals surface area contributed by atoms with Gasteiger partial charge in [0.15, 0.2) is 0 Å². The number of benzene rings is 2. The summed E-state index contributed by atoms with van der Waals surface area (Å²) in [5.41, 5.74) is -0.0495. The lowest BCUT2D eigenvalue weighted by Crippen LogP contribution is -2.30. The molecule has 150 valence electrons. The van der Waals surface area contributed by atoms with Crippen molar-refractivity contribution in [2.24, 2.45) is 0 Å². The summed E-state index contributed by atoms with van der Waals surface area (Å²) in [6, 6.07) is 10.0. The Hall–Kier alpha value is -2.91. The number of ether oxygens (including phenoxy) is 1. The average molecular weight is 406 g/mol. The zero-order chi connectivity index (χ0) is 20.9. The average Bonchev–Trinajstić information content (AvgIpc) is 2.68. The molecule has 2 N–H and O–H groups in total. The van der Waals surface area contributed by atoms with Crippen LogP contribution in [0.15, 0.2) is 47.4 Å². The number of nitrogens with one attached hydrogen (secondary N) is 1. The molecule has 0 fully saturated rings. The van der Waals surface area contributed by atoms with Crippen LogP contribution in [0.5, 0.6) is 5.75 Å². The molecule has 0 bridgehead atoms. The molecule has 0 aliphatic heterocycles. The van der Waals surface area contributed by atoms with Crippen LogP contribution < -0.4 is 10.1 Å². The SMILES string of the molecule is CCN(CC)S(=O)(=O)c1cccc(C(=O)Nc2cccc(OC)c2C(=O)O)c1. The van der Waals surface area contributed by atoms with Gasteiger partial charge in [-0.05, 0) is 30.3 Å². The number of nitrogens with zero attached hydrogens (tertiary/aromatic N) is 1. The first kappa shape index (κ1) is 21.4. The first-order valence-electron chi connectivity index (χ1n) is 8.58. The van der Waals surface area contributed by atoms with Gasteiger partial charge < -0.3 is 15.2 Å². The molecule has 0 radical (unpaired) electrons. The van der Waals surface area contributed by atoms with Gasteiger partial charge in [0.2, 0.25) is 10.0 Å². The molecule has 9 heteroatoms. The van der Waals surface area contributed by atoms with E-state index in [0.29, 0.717) is 13.1 Å². The van der Waals surface area contributed by atoms with Gasteiger partial charge in [-0.2, -0.15) is 4.31 Å². The molecule has 0 atom stereocenters. The number of aromatic carboxylic acids is 1. The number of hydrogen-bond donors (Lipinski definition) is 2. The number of methoxy groups -OCH3 is 1. The van der Waals surface area contributed by atoms with Crippen LogP contribution in [-0.4, -0.2) is 49.9 Å². The van der Waals surface area contributed by atoms with Gasteiger partial charge in [-0.25, -0.2) is 13.2 Å². The summed E-state index contributed by atoms with van der Waals surface area (Å²) < 4.78 is 31.6. The number of carbonyl (C=O) groups excluding carboxylic acids is 1. The van der Waals surface area contributed by atoms with Gasteiger partial charge in [0, 0.05) is 18.7 Å². The topological polar surface area (TPSA) is 113 Å². The van der Waals surface area contributed by atoms with Crippen LogP contribution in [0.25, 0.3) is 0 Å². The van der Waals surface area contributed by atoms with Crippen molar-refractivity contribution in [3.05, 3.63) is 53.6 Å². The fourth-order valence-corrected chi connectivity index (χ4v) is 4.24. The second kappa shape index (κ2) is 8.85. The van der Waals surface area contributed by atoms with Crippen LogP contribution in [0.1, 0.15) is 34.6 Å². The minimum atomic E-state index is -3.72. The van der Waals surface area contributed by atoms with E-state index in [1.807, 2.05) is 0 Å². The number of anilines is 1. The van der Waals surface area contributed by atoms with Gasteiger partial charge >= 0.3 is 5.97 Å². The molecule has 2 aromatic carbocycles. The zero-order valence-corrected chi connectivity index (χ0v) is 16.6. The second-order valence-corrected chi connectivity index (χ2v) is 7.70. The number of amides is 1. The summed E-state index contributed by atoms with van der Waals surface area (Å²) in [5.74, 6) is -1.79. The molecule has 0 saturated heterocycles. The molecule has 0 saturated carbocycles. The van der Waals surface area contributed by atoms with Gasteiger partial charge in [0.1, 0.15) is 11.3 Å². The third-order valence-corrected chi connectivity index (χ3v) is 6.19. The normalized spacial score (nSPS) is 11.3. The van der Waals surface area contributed by atoms with Crippen molar-refractivity contribution in [1.29, 1.82) is 0 Å². The standard InChI is InChI=1S/C19H22N2O6S/c1-4-21(5-2)28(25,26)14-9-6-8-13(12-14)18(22)20-15-10-7-11-16(27-3)17(15)19(23)24/h6-12H,4-5H2,1-3H3,(H,20,22)(H,23,24). The molecule has 0 aromatic heterocycles. The first-order chi connectivity index (χ1) is 13.3. The van der Waals surface area contributed by atoms with Gasteiger partial charge in [0.05, 0.1) is 17.7 Å². The van der Waals surface area contributed by atoms with E-state index in [1.54, 1.807) is 19.9 Å². The fourth-order valence-electron chi connectivity index (χ4n) is 2.73. The van der Waals surface area contributed by atoms with Crippen LogP contribution in [0, 0.1) is 0 Å². The van der Waals surface area contributed by atoms with Crippen molar-refractivity contribution in [2.75, 3.05) is 25.5 Å². The molecule has 0 aliphatic carbocycles. The molecule has 0 spiro atoms. The highest BCUT2D eigenvalue weighted by atomic mass is 32.2. The predicted molar refractivity (Wildman–Crippen MR) is 104 cm³/mol. The van der Waals surface area contributed by atoms with Crippen molar-refractivity contribution < 1.29 is 27.9 Å². The first-order valence-corrected chi connectivity index (χ1v) is 10.0. The van der Waals surface area contributed by atoms with E-state index in [4.69, 9.17) is 4.74 Å². The van der Waals surface area contributed by atoms with E-state index in [-0.39, 0.29) is 27.5 Å². The van der Waals surface area contributed by atoms with Crippen molar-refractivity contribution in [3.8, 4) is 5.75 Å². The van der Waals surface area contributed by atoms with Crippen LogP contribution >= 0.6 is 0 Å². The molecular formula is C19H22N2O6S. The third-order valence-electron chi connectivity index (χ3n) is 4.15. The Morgan fingerprint density at radius 3 is 2.32 bits per heavy atom. The summed E-state index contributed by atoms with van der Waals surface area (Å²) in [6.07, 6.45) is 0. The molecule has 2 rings (SSSR count). The Morgan fingerprint density at radius 1 is 1.11 bits per heavy atom. The maximum Gasteiger partial charge on any atom is 0.341 e. The van der Waals surface area contributed by atoms with E-state index in [2.05, 4.69) is 5.32 Å².